The number of hydrogen-bond acceptors (Lipinski definition) is 2. The fourth-order valence-corrected chi connectivity index (χ4v) is 1.48. The molecule has 0 spiro atoms. The molecule has 0 aliphatic heterocycles. The Morgan fingerprint density at radius 1 is 1.13 bits per heavy atom. The van der Waals surface area contributed by atoms with Crippen molar-refractivity contribution in [2.75, 3.05) is 0 Å². The van der Waals surface area contributed by atoms with Gasteiger partial charge >= 0.3 is 0 Å². The molecule has 15 heavy (non-hydrogen) atoms. The van der Waals surface area contributed by atoms with Crippen molar-refractivity contribution in [1.29, 1.82) is 0 Å². The summed E-state index contributed by atoms with van der Waals surface area (Å²) in [6.07, 6.45) is 1.71. The largest absolute Gasteiger partial charge is 0.328 e. The third-order valence-electron chi connectivity index (χ3n) is 2.31. The summed E-state index contributed by atoms with van der Waals surface area (Å²) in [4.78, 5) is 14.0. The maximum Gasteiger partial charge on any atom is 0.252 e. The van der Waals surface area contributed by atoms with Crippen molar-refractivity contribution in [3.05, 3.63) is 58.5 Å². The summed E-state index contributed by atoms with van der Waals surface area (Å²) >= 11 is 0. The second kappa shape index (κ2) is 4.11. The lowest BCUT2D eigenvalue weighted by atomic mass is 10.1. The van der Waals surface area contributed by atoms with Crippen molar-refractivity contribution in [3.63, 3.8) is 0 Å². The first-order valence-electron chi connectivity index (χ1n) is 4.78. The first-order chi connectivity index (χ1) is 7.31. The predicted octanol–water partition coefficient (Wildman–Crippen LogP) is 1.50. The monoisotopic (exact) mass is 200 g/mol. The van der Waals surface area contributed by atoms with Gasteiger partial charge in [-0.05, 0) is 17.2 Å². The van der Waals surface area contributed by atoms with Crippen LogP contribution in [0.5, 0.6) is 0 Å². The molecule has 76 valence electrons. The Bertz CT molecular complexity index is 503. The first-order valence-corrected chi connectivity index (χ1v) is 4.78. The van der Waals surface area contributed by atoms with Crippen LogP contribution in [0.3, 0.4) is 0 Å². The third-order valence-corrected chi connectivity index (χ3v) is 2.31. The van der Waals surface area contributed by atoms with Gasteiger partial charge in [0.15, 0.2) is 0 Å². The molecule has 1 aromatic heterocycles. The van der Waals surface area contributed by atoms with E-state index >= 15 is 0 Å². The van der Waals surface area contributed by atoms with Crippen LogP contribution >= 0.6 is 0 Å². The minimum absolute atomic E-state index is 0.114. The van der Waals surface area contributed by atoms with Gasteiger partial charge in [0.1, 0.15) is 0 Å². The van der Waals surface area contributed by atoms with Crippen LogP contribution in [0.1, 0.15) is 5.56 Å². The third kappa shape index (κ3) is 1.97. The van der Waals surface area contributed by atoms with E-state index in [2.05, 4.69) is 4.98 Å². The lowest BCUT2D eigenvalue weighted by Crippen LogP contribution is -2.15. The number of nitrogens with one attached hydrogen (secondary N) is 1. The molecule has 0 fully saturated rings. The van der Waals surface area contributed by atoms with Gasteiger partial charge in [-0.3, -0.25) is 4.79 Å². The fraction of sp³-hybridized carbons (Fsp3) is 0.0833. The highest BCUT2D eigenvalue weighted by Crippen LogP contribution is 2.17. The van der Waals surface area contributed by atoms with Gasteiger partial charge in [0.2, 0.25) is 0 Å². The number of rotatable bonds is 2. The van der Waals surface area contributed by atoms with E-state index in [1.165, 1.54) is 0 Å². The molecule has 2 rings (SSSR count). The van der Waals surface area contributed by atoms with Crippen LogP contribution in [0.4, 0.5) is 0 Å². The molecule has 3 N–H and O–H groups in total. The Hall–Kier alpha value is -1.87. The van der Waals surface area contributed by atoms with Gasteiger partial charge in [-0.25, -0.2) is 0 Å². The summed E-state index contributed by atoms with van der Waals surface area (Å²) in [5, 5.41) is 0. The highest BCUT2D eigenvalue weighted by Gasteiger charge is 2.01. The van der Waals surface area contributed by atoms with Gasteiger partial charge in [0.05, 0.1) is 0 Å². The van der Waals surface area contributed by atoms with Crippen LogP contribution in [0.25, 0.3) is 11.1 Å². The first kappa shape index (κ1) is 9.68. The Balaban J connectivity index is 2.51. The second-order valence-electron chi connectivity index (χ2n) is 3.31. The van der Waals surface area contributed by atoms with E-state index in [1.807, 2.05) is 36.4 Å². The molecule has 0 unspecified atom stereocenters. The smallest absolute Gasteiger partial charge is 0.252 e. The summed E-state index contributed by atoms with van der Waals surface area (Å²) in [5.41, 5.74) is 8.03. The van der Waals surface area contributed by atoms with E-state index in [-0.39, 0.29) is 12.1 Å². The van der Waals surface area contributed by atoms with Crippen molar-refractivity contribution in [2.45, 2.75) is 6.54 Å². The van der Waals surface area contributed by atoms with Gasteiger partial charge in [0, 0.05) is 18.3 Å². The minimum atomic E-state index is -0.114. The summed E-state index contributed by atoms with van der Waals surface area (Å²) < 4.78 is 0. The number of pyridine rings is 1. The Labute approximate surface area is 87.6 Å². The topological polar surface area (TPSA) is 58.9 Å². The average Bonchev–Trinajstić information content (AvgIpc) is 2.31. The molecule has 1 aromatic carbocycles. The van der Waals surface area contributed by atoms with Crippen molar-refractivity contribution in [3.8, 4) is 11.1 Å². The molecule has 0 saturated carbocycles. The van der Waals surface area contributed by atoms with Crippen LogP contribution in [-0.4, -0.2) is 4.98 Å². The molecule has 0 saturated heterocycles. The molecule has 1 heterocycles. The molecule has 0 amide bonds. The number of hydrogen-bond donors (Lipinski definition) is 2. The van der Waals surface area contributed by atoms with Crippen LogP contribution in [0.2, 0.25) is 0 Å². The summed E-state index contributed by atoms with van der Waals surface area (Å²) in [7, 11) is 0. The van der Waals surface area contributed by atoms with Crippen molar-refractivity contribution in [2.24, 2.45) is 5.73 Å². The maximum atomic E-state index is 11.3. The molecular weight excluding hydrogens is 188 g/mol. The number of H-pyrrole nitrogens is 1. The molecule has 3 nitrogen and oxygen atoms in total. The Morgan fingerprint density at radius 2 is 1.87 bits per heavy atom. The van der Waals surface area contributed by atoms with E-state index in [0.717, 1.165) is 11.1 Å². The molecular formula is C12H12N2O. The van der Waals surface area contributed by atoms with E-state index in [4.69, 9.17) is 5.73 Å². The maximum absolute atomic E-state index is 11.3. The molecule has 0 bridgehead atoms. The van der Waals surface area contributed by atoms with E-state index in [0.29, 0.717) is 5.56 Å². The highest BCUT2D eigenvalue weighted by molar-refractivity contribution is 5.62. The Kier molecular flexibility index (Phi) is 2.65. The van der Waals surface area contributed by atoms with Crippen molar-refractivity contribution < 1.29 is 0 Å². The predicted molar refractivity (Wildman–Crippen MR) is 60.4 cm³/mol. The molecule has 0 atom stereocenters. The summed E-state index contributed by atoms with van der Waals surface area (Å²) in [5.74, 6) is 0. The lowest BCUT2D eigenvalue weighted by Gasteiger charge is -2.02. The average molecular weight is 200 g/mol. The van der Waals surface area contributed by atoms with Crippen LogP contribution in [0, 0.1) is 0 Å². The molecule has 0 aliphatic rings. The zero-order chi connectivity index (χ0) is 10.7. The van der Waals surface area contributed by atoms with Crippen molar-refractivity contribution in [1.82, 2.24) is 4.98 Å². The lowest BCUT2D eigenvalue weighted by molar-refractivity contribution is 1.02. The standard InChI is InChI=1S/C12H12N2O/c13-7-10-6-11(8-14-12(10)15)9-4-2-1-3-5-9/h1-6,8H,7,13H2,(H,14,15). The van der Waals surface area contributed by atoms with Crippen LogP contribution in [-0.2, 0) is 6.54 Å². The molecule has 2 aromatic rings. The van der Waals surface area contributed by atoms with Crippen LogP contribution in [0.15, 0.2) is 47.4 Å². The molecule has 0 aliphatic carbocycles. The van der Waals surface area contributed by atoms with Gasteiger partial charge in [0.25, 0.3) is 5.56 Å². The summed E-state index contributed by atoms with van der Waals surface area (Å²) in [6, 6.07) is 11.7. The van der Waals surface area contributed by atoms with E-state index in [9.17, 15) is 4.79 Å². The number of aromatic nitrogens is 1. The summed E-state index contributed by atoms with van der Waals surface area (Å²) in [6.45, 7) is 0.260. The normalized spacial score (nSPS) is 10.2. The van der Waals surface area contributed by atoms with Gasteiger partial charge in [-0.2, -0.15) is 0 Å². The second-order valence-corrected chi connectivity index (χ2v) is 3.31. The SMILES string of the molecule is NCc1cc(-c2ccccc2)c[nH]c1=O. The molecule has 3 heteroatoms. The van der Waals surface area contributed by atoms with Gasteiger partial charge < -0.3 is 10.7 Å². The molecule has 0 radical (unpaired) electrons. The van der Waals surface area contributed by atoms with E-state index < -0.39 is 0 Å². The van der Waals surface area contributed by atoms with E-state index in [1.54, 1.807) is 6.20 Å². The minimum Gasteiger partial charge on any atom is -0.328 e. The number of aromatic amines is 1. The van der Waals surface area contributed by atoms with Gasteiger partial charge in [-0.15, -0.1) is 0 Å². The van der Waals surface area contributed by atoms with Crippen molar-refractivity contribution >= 4 is 0 Å². The fourth-order valence-electron chi connectivity index (χ4n) is 1.48. The van der Waals surface area contributed by atoms with Crippen LogP contribution < -0.4 is 11.3 Å². The zero-order valence-electron chi connectivity index (χ0n) is 8.23. The Morgan fingerprint density at radius 3 is 2.53 bits per heavy atom. The number of benzene rings is 1. The quantitative estimate of drug-likeness (QED) is 0.771. The van der Waals surface area contributed by atoms with Gasteiger partial charge in [-0.1, -0.05) is 30.3 Å². The zero-order valence-corrected chi connectivity index (χ0v) is 8.23. The highest BCUT2D eigenvalue weighted by atomic mass is 16.1. The number of nitrogens with two attached hydrogens (primary N) is 1.